The van der Waals surface area contributed by atoms with Crippen LogP contribution in [0.4, 0.5) is 4.79 Å². The number of carbonyl (C=O) groups excluding carboxylic acids is 3. The molecule has 2 rings (SSSR count). The average molecular weight is 522 g/mol. The minimum absolute atomic E-state index is 0.289. The summed E-state index contributed by atoms with van der Waals surface area (Å²) in [6.45, 7) is 13.6. The fourth-order valence-corrected chi connectivity index (χ4v) is 4.08. The summed E-state index contributed by atoms with van der Waals surface area (Å²) in [4.78, 5) is 41.6. The molecule has 0 aliphatic heterocycles. The number of nitrogens with zero attached hydrogens (tertiary/aromatic N) is 1. The lowest BCUT2D eigenvalue weighted by Crippen LogP contribution is -2.52. The standard InChI is InChI=1S/C31H43N3O4/c1-7-9-10-14-20-34(29(36)23(3)33-30(37)38-31(4,5)6)27(26-19-15-18-24(8-2)21-26)28(35)32-22-25-16-12-11-13-17-25/h8,11-13,15-19,21,23,27H,2,7,9-10,14,20,22H2,1,3-6H3,(H,32,35)(H,33,37). The Morgan fingerprint density at radius 2 is 1.74 bits per heavy atom. The van der Waals surface area contributed by atoms with Crippen LogP contribution in [0.2, 0.25) is 0 Å². The Morgan fingerprint density at radius 1 is 1.03 bits per heavy atom. The van der Waals surface area contributed by atoms with Gasteiger partial charge in [-0.1, -0.05) is 87.4 Å². The molecule has 0 radical (unpaired) electrons. The zero-order valence-corrected chi connectivity index (χ0v) is 23.5. The molecule has 0 saturated carbocycles. The van der Waals surface area contributed by atoms with Gasteiger partial charge in [0, 0.05) is 13.1 Å². The molecule has 7 nitrogen and oxygen atoms in total. The first-order valence-corrected chi connectivity index (χ1v) is 13.4. The number of hydrogen-bond acceptors (Lipinski definition) is 4. The van der Waals surface area contributed by atoms with Crippen molar-refractivity contribution in [2.45, 2.75) is 84.5 Å². The molecule has 0 aromatic heterocycles. The fourth-order valence-electron chi connectivity index (χ4n) is 4.08. The van der Waals surface area contributed by atoms with Gasteiger partial charge in [0.1, 0.15) is 17.7 Å². The van der Waals surface area contributed by atoms with Crippen molar-refractivity contribution in [3.63, 3.8) is 0 Å². The molecule has 0 aliphatic rings. The van der Waals surface area contributed by atoms with E-state index in [4.69, 9.17) is 4.74 Å². The molecule has 2 N–H and O–H groups in total. The number of unbranched alkanes of at least 4 members (excludes halogenated alkanes) is 3. The summed E-state index contributed by atoms with van der Waals surface area (Å²) in [6.07, 6.45) is 4.78. The normalized spacial score (nSPS) is 12.7. The number of ether oxygens (including phenoxy) is 1. The Morgan fingerprint density at radius 3 is 2.37 bits per heavy atom. The molecule has 0 fully saturated rings. The summed E-state index contributed by atoms with van der Waals surface area (Å²) in [5, 5.41) is 5.66. The molecule has 7 heteroatoms. The lowest BCUT2D eigenvalue weighted by molar-refractivity contribution is -0.142. The van der Waals surface area contributed by atoms with E-state index in [1.807, 2.05) is 54.6 Å². The molecular formula is C31H43N3O4. The lowest BCUT2D eigenvalue weighted by Gasteiger charge is -2.34. The quantitative estimate of drug-likeness (QED) is 0.316. The molecule has 38 heavy (non-hydrogen) atoms. The van der Waals surface area contributed by atoms with Crippen molar-refractivity contribution in [3.05, 3.63) is 77.9 Å². The highest BCUT2D eigenvalue weighted by Crippen LogP contribution is 2.25. The summed E-state index contributed by atoms with van der Waals surface area (Å²) in [7, 11) is 0. The lowest BCUT2D eigenvalue weighted by atomic mass is 9.99. The van der Waals surface area contributed by atoms with Gasteiger partial charge in [0.2, 0.25) is 11.8 Å². The highest BCUT2D eigenvalue weighted by Gasteiger charge is 2.34. The number of carbonyl (C=O) groups is 3. The average Bonchev–Trinajstić information content (AvgIpc) is 2.88. The van der Waals surface area contributed by atoms with Crippen molar-refractivity contribution in [2.24, 2.45) is 0 Å². The maximum absolute atomic E-state index is 13.8. The zero-order chi connectivity index (χ0) is 28.1. The molecule has 3 amide bonds. The van der Waals surface area contributed by atoms with Gasteiger partial charge in [-0.3, -0.25) is 9.59 Å². The summed E-state index contributed by atoms with van der Waals surface area (Å²) >= 11 is 0. The molecule has 0 spiro atoms. The van der Waals surface area contributed by atoms with Gasteiger partial charge in [-0.05, 0) is 56.9 Å². The fraction of sp³-hybridized carbons (Fsp3) is 0.452. The molecule has 0 bridgehead atoms. The smallest absolute Gasteiger partial charge is 0.408 e. The van der Waals surface area contributed by atoms with Crippen LogP contribution < -0.4 is 10.6 Å². The Kier molecular flexibility index (Phi) is 12.1. The first kappa shape index (κ1) is 30.6. The molecule has 2 unspecified atom stereocenters. The van der Waals surface area contributed by atoms with Crippen molar-refractivity contribution in [2.75, 3.05) is 6.54 Å². The summed E-state index contributed by atoms with van der Waals surface area (Å²) < 4.78 is 5.35. The van der Waals surface area contributed by atoms with Gasteiger partial charge in [-0.15, -0.1) is 0 Å². The van der Waals surface area contributed by atoms with Crippen LogP contribution in [-0.4, -0.2) is 41.0 Å². The van der Waals surface area contributed by atoms with Gasteiger partial charge >= 0.3 is 6.09 Å². The van der Waals surface area contributed by atoms with E-state index in [1.165, 1.54) is 0 Å². The predicted molar refractivity (Wildman–Crippen MR) is 152 cm³/mol. The number of alkyl carbamates (subject to hydrolysis) is 1. The van der Waals surface area contributed by atoms with Gasteiger partial charge in [-0.25, -0.2) is 4.79 Å². The molecule has 0 saturated heterocycles. The van der Waals surface area contributed by atoms with E-state index >= 15 is 0 Å². The second kappa shape index (κ2) is 15.0. The van der Waals surface area contributed by atoms with Crippen LogP contribution >= 0.6 is 0 Å². The van der Waals surface area contributed by atoms with Gasteiger partial charge in [-0.2, -0.15) is 0 Å². The third kappa shape index (κ3) is 10.0. The maximum Gasteiger partial charge on any atom is 0.408 e. The van der Waals surface area contributed by atoms with E-state index in [0.717, 1.165) is 36.8 Å². The van der Waals surface area contributed by atoms with Crippen LogP contribution in [0, 0.1) is 0 Å². The molecule has 0 heterocycles. The molecular weight excluding hydrogens is 478 g/mol. The van der Waals surface area contributed by atoms with E-state index < -0.39 is 23.8 Å². The Hall–Kier alpha value is -3.61. The summed E-state index contributed by atoms with van der Waals surface area (Å²) in [5.41, 5.74) is 1.79. The predicted octanol–water partition coefficient (Wildman–Crippen LogP) is 6.01. The van der Waals surface area contributed by atoms with E-state index in [0.29, 0.717) is 18.7 Å². The Bertz CT molecular complexity index is 1060. The minimum Gasteiger partial charge on any atom is -0.444 e. The maximum atomic E-state index is 13.8. The van der Waals surface area contributed by atoms with Crippen LogP contribution in [0.15, 0.2) is 61.2 Å². The van der Waals surface area contributed by atoms with Crippen LogP contribution in [0.25, 0.3) is 6.08 Å². The van der Waals surface area contributed by atoms with Crippen LogP contribution in [0.3, 0.4) is 0 Å². The zero-order valence-electron chi connectivity index (χ0n) is 23.5. The van der Waals surface area contributed by atoms with Crippen molar-refractivity contribution in [1.82, 2.24) is 15.5 Å². The second-order valence-electron chi connectivity index (χ2n) is 10.4. The third-order valence-corrected chi connectivity index (χ3v) is 5.97. The molecule has 0 aliphatic carbocycles. The number of hydrogen-bond donors (Lipinski definition) is 2. The highest BCUT2D eigenvalue weighted by atomic mass is 16.6. The van der Waals surface area contributed by atoms with Crippen molar-refractivity contribution in [1.29, 1.82) is 0 Å². The van der Waals surface area contributed by atoms with Gasteiger partial charge in [0.15, 0.2) is 0 Å². The Labute approximate surface area is 227 Å². The van der Waals surface area contributed by atoms with E-state index in [2.05, 4.69) is 24.1 Å². The van der Waals surface area contributed by atoms with E-state index in [-0.39, 0.29) is 11.8 Å². The van der Waals surface area contributed by atoms with Gasteiger partial charge < -0.3 is 20.3 Å². The van der Waals surface area contributed by atoms with Crippen LogP contribution in [0.5, 0.6) is 0 Å². The monoisotopic (exact) mass is 521 g/mol. The molecule has 2 aromatic carbocycles. The molecule has 206 valence electrons. The van der Waals surface area contributed by atoms with Crippen LogP contribution in [0.1, 0.15) is 83.0 Å². The van der Waals surface area contributed by atoms with Gasteiger partial charge in [0.25, 0.3) is 0 Å². The largest absolute Gasteiger partial charge is 0.444 e. The topological polar surface area (TPSA) is 87.7 Å². The number of amides is 3. The summed E-state index contributed by atoms with van der Waals surface area (Å²) in [6, 6.07) is 15.3. The molecule has 2 atom stereocenters. The Balaban J connectivity index is 2.39. The van der Waals surface area contributed by atoms with Crippen LogP contribution in [-0.2, 0) is 20.9 Å². The number of benzene rings is 2. The highest BCUT2D eigenvalue weighted by molar-refractivity contribution is 5.92. The van der Waals surface area contributed by atoms with Gasteiger partial charge in [0.05, 0.1) is 0 Å². The van der Waals surface area contributed by atoms with E-state index in [1.54, 1.807) is 38.7 Å². The second-order valence-corrected chi connectivity index (χ2v) is 10.4. The van der Waals surface area contributed by atoms with E-state index in [9.17, 15) is 14.4 Å². The molecule has 2 aromatic rings. The summed E-state index contributed by atoms with van der Waals surface area (Å²) in [5.74, 6) is -0.639. The van der Waals surface area contributed by atoms with Crippen molar-refractivity contribution < 1.29 is 19.1 Å². The number of nitrogens with one attached hydrogen (secondary N) is 2. The first-order chi connectivity index (χ1) is 18.1. The first-order valence-electron chi connectivity index (χ1n) is 13.4. The van der Waals surface area contributed by atoms with Crippen molar-refractivity contribution >= 4 is 24.0 Å². The minimum atomic E-state index is -0.886. The SMILES string of the molecule is C=Cc1cccc(C(C(=O)NCc2ccccc2)N(CCCCCC)C(=O)C(C)NC(=O)OC(C)(C)C)c1. The third-order valence-electron chi connectivity index (χ3n) is 5.97. The number of rotatable bonds is 13. The van der Waals surface area contributed by atoms with Crippen molar-refractivity contribution in [3.8, 4) is 0 Å².